The van der Waals surface area contributed by atoms with Gasteiger partial charge in [-0.2, -0.15) is 0 Å². The molecule has 4 rings (SSSR count). The fourth-order valence-electron chi connectivity index (χ4n) is 2.84. The van der Waals surface area contributed by atoms with Crippen LogP contribution in [-0.4, -0.2) is 6.61 Å². The first kappa shape index (κ1) is 13.3. The maximum absolute atomic E-state index is 6.53. The molecule has 0 fully saturated rings. The zero-order chi connectivity index (χ0) is 14.4. The van der Waals surface area contributed by atoms with Gasteiger partial charge in [-0.05, 0) is 35.2 Å². The fourth-order valence-corrected chi connectivity index (χ4v) is 4.45. The number of halogens is 1. The second kappa shape index (κ2) is 5.13. The van der Waals surface area contributed by atoms with E-state index in [9.17, 15) is 0 Å². The van der Waals surface area contributed by atoms with E-state index >= 15 is 0 Å². The smallest absolute Gasteiger partial charge is 0.127 e. The monoisotopic (exact) mass is 359 g/mol. The lowest BCUT2D eigenvalue weighted by Crippen LogP contribution is -2.11. The largest absolute Gasteiger partial charge is 0.493 e. The predicted octanol–water partition coefficient (Wildman–Crippen LogP) is 4.65. The van der Waals surface area contributed by atoms with Crippen LogP contribution in [0.4, 0.5) is 0 Å². The van der Waals surface area contributed by atoms with Gasteiger partial charge in [0.25, 0.3) is 0 Å². The topological polar surface area (TPSA) is 35.2 Å². The summed E-state index contributed by atoms with van der Waals surface area (Å²) in [5, 5.41) is 1.25. The van der Waals surface area contributed by atoms with Crippen LogP contribution in [0.3, 0.4) is 0 Å². The normalized spacial score (nSPS) is 15.0. The number of fused-ring (bicyclic) bond motifs is 2. The van der Waals surface area contributed by atoms with Crippen LogP contribution in [0.2, 0.25) is 0 Å². The van der Waals surface area contributed by atoms with Gasteiger partial charge in [-0.3, -0.25) is 0 Å². The Labute approximate surface area is 135 Å². The number of nitrogens with two attached hydrogens (primary N) is 1. The maximum Gasteiger partial charge on any atom is 0.127 e. The van der Waals surface area contributed by atoms with Crippen LogP contribution >= 0.6 is 27.3 Å². The highest BCUT2D eigenvalue weighted by Gasteiger charge is 2.23. The van der Waals surface area contributed by atoms with Gasteiger partial charge < -0.3 is 10.5 Å². The summed E-state index contributed by atoms with van der Waals surface area (Å²) in [6.45, 7) is 0.748. The van der Waals surface area contributed by atoms with E-state index in [-0.39, 0.29) is 6.04 Å². The van der Waals surface area contributed by atoms with Gasteiger partial charge >= 0.3 is 0 Å². The minimum absolute atomic E-state index is 0.147. The van der Waals surface area contributed by atoms with Crippen molar-refractivity contribution in [1.82, 2.24) is 0 Å². The highest BCUT2D eigenvalue weighted by molar-refractivity contribution is 9.10. The Morgan fingerprint density at radius 2 is 2.05 bits per heavy atom. The molecule has 0 saturated heterocycles. The van der Waals surface area contributed by atoms with Crippen molar-refractivity contribution in [2.75, 3.05) is 6.61 Å². The average molecular weight is 360 g/mol. The molecule has 0 bridgehead atoms. The van der Waals surface area contributed by atoms with Gasteiger partial charge in [0.1, 0.15) is 5.75 Å². The molecule has 1 unspecified atom stereocenters. The standard InChI is InChI=1S/C17H14BrNOS/c18-12-7-11-5-6-20-17(11)13(9-12)16(19)15-8-10-3-1-2-4-14(10)21-15/h1-4,7-9,16H,5-6,19H2. The van der Waals surface area contributed by atoms with Crippen LogP contribution in [0.5, 0.6) is 5.75 Å². The molecule has 2 nitrogen and oxygen atoms in total. The van der Waals surface area contributed by atoms with E-state index in [1.807, 2.05) is 0 Å². The quantitative estimate of drug-likeness (QED) is 0.722. The first-order chi connectivity index (χ1) is 10.2. The van der Waals surface area contributed by atoms with Crippen molar-refractivity contribution in [2.45, 2.75) is 12.5 Å². The number of hydrogen-bond donors (Lipinski definition) is 1. The molecule has 3 aromatic rings. The van der Waals surface area contributed by atoms with Crippen LogP contribution in [-0.2, 0) is 6.42 Å². The Kier molecular flexibility index (Phi) is 3.25. The molecule has 106 valence electrons. The van der Waals surface area contributed by atoms with E-state index in [1.165, 1.54) is 20.5 Å². The third-order valence-electron chi connectivity index (χ3n) is 3.86. The zero-order valence-corrected chi connectivity index (χ0v) is 13.7. The lowest BCUT2D eigenvalue weighted by molar-refractivity contribution is 0.352. The fraction of sp³-hybridized carbons (Fsp3) is 0.176. The molecule has 0 aliphatic carbocycles. The molecule has 1 aromatic heterocycles. The van der Waals surface area contributed by atoms with Crippen molar-refractivity contribution < 1.29 is 4.74 Å². The second-order valence-electron chi connectivity index (χ2n) is 5.25. The Morgan fingerprint density at radius 1 is 1.19 bits per heavy atom. The third kappa shape index (κ3) is 2.27. The van der Waals surface area contributed by atoms with Crippen molar-refractivity contribution in [3.05, 3.63) is 62.9 Å². The summed E-state index contributed by atoms with van der Waals surface area (Å²) in [7, 11) is 0. The average Bonchev–Trinajstić information content (AvgIpc) is 3.11. The molecular weight excluding hydrogens is 346 g/mol. The van der Waals surface area contributed by atoms with Crippen LogP contribution < -0.4 is 10.5 Å². The lowest BCUT2D eigenvalue weighted by Gasteiger charge is -2.15. The SMILES string of the molecule is NC(c1cc2ccccc2s1)c1cc(Br)cc2c1OCC2. The van der Waals surface area contributed by atoms with Crippen molar-refractivity contribution in [2.24, 2.45) is 5.73 Å². The first-order valence-corrected chi connectivity index (χ1v) is 8.52. The van der Waals surface area contributed by atoms with Crippen molar-refractivity contribution in [1.29, 1.82) is 0 Å². The summed E-state index contributed by atoms with van der Waals surface area (Å²) in [6.07, 6.45) is 0.959. The van der Waals surface area contributed by atoms with Crippen LogP contribution in [0.1, 0.15) is 22.0 Å². The number of thiophene rings is 1. The van der Waals surface area contributed by atoms with Crippen molar-refractivity contribution >= 4 is 37.4 Å². The molecule has 1 atom stereocenters. The molecule has 0 amide bonds. The van der Waals surface area contributed by atoms with E-state index in [0.717, 1.165) is 28.8 Å². The highest BCUT2D eigenvalue weighted by Crippen LogP contribution is 2.40. The number of hydrogen-bond acceptors (Lipinski definition) is 3. The van der Waals surface area contributed by atoms with Gasteiger partial charge in [-0.1, -0.05) is 34.1 Å². The summed E-state index contributed by atoms with van der Waals surface area (Å²) in [5.41, 5.74) is 8.85. The molecule has 4 heteroatoms. The number of benzene rings is 2. The van der Waals surface area contributed by atoms with Crippen LogP contribution in [0, 0.1) is 0 Å². The summed E-state index contributed by atoms with van der Waals surface area (Å²) in [6, 6.07) is 14.6. The Morgan fingerprint density at radius 3 is 2.90 bits per heavy atom. The minimum atomic E-state index is -0.147. The molecule has 0 radical (unpaired) electrons. The Balaban J connectivity index is 1.83. The highest BCUT2D eigenvalue weighted by atomic mass is 79.9. The third-order valence-corrected chi connectivity index (χ3v) is 5.52. The lowest BCUT2D eigenvalue weighted by atomic mass is 10.0. The van der Waals surface area contributed by atoms with Gasteiger partial charge in [0, 0.05) is 26.0 Å². The molecule has 0 saturated carbocycles. The molecule has 0 spiro atoms. The van der Waals surface area contributed by atoms with Crippen LogP contribution in [0.25, 0.3) is 10.1 Å². The van der Waals surface area contributed by atoms with E-state index in [2.05, 4.69) is 58.4 Å². The van der Waals surface area contributed by atoms with E-state index < -0.39 is 0 Å². The Hall–Kier alpha value is -1.36. The van der Waals surface area contributed by atoms with Gasteiger partial charge in [-0.15, -0.1) is 11.3 Å². The number of ether oxygens (including phenoxy) is 1. The van der Waals surface area contributed by atoms with Crippen molar-refractivity contribution in [3.8, 4) is 5.75 Å². The second-order valence-corrected chi connectivity index (χ2v) is 7.28. The van der Waals surface area contributed by atoms with E-state index in [4.69, 9.17) is 10.5 Å². The minimum Gasteiger partial charge on any atom is -0.493 e. The van der Waals surface area contributed by atoms with E-state index in [0.29, 0.717) is 0 Å². The molecule has 21 heavy (non-hydrogen) atoms. The van der Waals surface area contributed by atoms with Gasteiger partial charge in [0.2, 0.25) is 0 Å². The van der Waals surface area contributed by atoms with Gasteiger partial charge in [0.05, 0.1) is 12.6 Å². The number of rotatable bonds is 2. The molecule has 2 heterocycles. The van der Waals surface area contributed by atoms with Crippen molar-refractivity contribution in [3.63, 3.8) is 0 Å². The molecule has 2 aromatic carbocycles. The van der Waals surface area contributed by atoms with Gasteiger partial charge in [0.15, 0.2) is 0 Å². The first-order valence-electron chi connectivity index (χ1n) is 6.91. The summed E-state index contributed by atoms with van der Waals surface area (Å²) in [5.74, 6) is 0.975. The predicted molar refractivity (Wildman–Crippen MR) is 91.2 cm³/mol. The molecular formula is C17H14BrNOS. The summed E-state index contributed by atoms with van der Waals surface area (Å²) in [4.78, 5) is 1.17. The van der Waals surface area contributed by atoms with E-state index in [1.54, 1.807) is 11.3 Å². The molecule has 2 N–H and O–H groups in total. The van der Waals surface area contributed by atoms with Gasteiger partial charge in [-0.25, -0.2) is 0 Å². The Bertz CT molecular complexity index is 794. The maximum atomic E-state index is 6.53. The molecule has 1 aliphatic rings. The molecule has 1 aliphatic heterocycles. The zero-order valence-electron chi connectivity index (χ0n) is 11.3. The summed E-state index contributed by atoms with van der Waals surface area (Å²) < 4.78 is 8.15. The summed E-state index contributed by atoms with van der Waals surface area (Å²) >= 11 is 5.34. The van der Waals surface area contributed by atoms with Crippen LogP contribution in [0.15, 0.2) is 46.9 Å².